The Bertz CT molecular complexity index is 1460. The Kier molecular flexibility index (Phi) is 6.45. The van der Waals surface area contributed by atoms with E-state index in [1.807, 2.05) is 97.2 Å². The van der Waals surface area contributed by atoms with Gasteiger partial charge in [-0.3, -0.25) is 13.8 Å². The van der Waals surface area contributed by atoms with Gasteiger partial charge in [0.25, 0.3) is 0 Å². The predicted octanol–water partition coefficient (Wildman–Crippen LogP) is 6.02. The first-order valence-electron chi connectivity index (χ1n) is 11.3. The van der Waals surface area contributed by atoms with Gasteiger partial charge in [0.15, 0.2) is 11.0 Å². The third-order valence-corrected chi connectivity index (χ3v) is 7.28. The average molecular weight is 465 g/mol. The molecule has 168 valence electrons. The highest BCUT2D eigenvalue weighted by atomic mass is 32.2. The van der Waals surface area contributed by atoms with Crippen molar-refractivity contribution < 1.29 is 9.00 Å². The maximum absolute atomic E-state index is 13.6. The maximum Gasteiger partial charge on any atom is 0.157 e. The van der Waals surface area contributed by atoms with Crippen LogP contribution >= 0.6 is 0 Å². The minimum Gasteiger partial charge on any atom is -0.299 e. The van der Waals surface area contributed by atoms with Crippen LogP contribution < -0.4 is 0 Å². The largest absolute Gasteiger partial charge is 0.299 e. The molecule has 0 fully saturated rings. The maximum atomic E-state index is 13.6. The van der Waals surface area contributed by atoms with E-state index < -0.39 is 11.0 Å². The lowest BCUT2D eigenvalue weighted by Gasteiger charge is -2.11. The zero-order valence-corrected chi connectivity index (χ0v) is 19.4. The van der Waals surface area contributed by atoms with Crippen molar-refractivity contribution >= 4 is 27.7 Å². The molecule has 0 spiro atoms. The van der Waals surface area contributed by atoms with Gasteiger partial charge in [-0.15, -0.1) is 0 Å². The van der Waals surface area contributed by atoms with Crippen LogP contribution in [0.1, 0.15) is 17.5 Å². The van der Waals surface area contributed by atoms with Crippen LogP contribution in [0.2, 0.25) is 0 Å². The number of benzene rings is 3. The molecule has 5 rings (SSSR count). The Morgan fingerprint density at radius 3 is 2.50 bits per heavy atom. The topological polar surface area (TPSA) is 52.0 Å². The molecule has 0 N–H and O–H groups in total. The number of fused-ring (bicyclic) bond motifs is 1. The summed E-state index contributed by atoms with van der Waals surface area (Å²) in [5.41, 5.74) is 4.92. The average Bonchev–Trinajstić information content (AvgIpc) is 3.31. The number of hydrogen-bond donors (Lipinski definition) is 0. The molecule has 0 aliphatic carbocycles. The highest BCUT2D eigenvalue weighted by molar-refractivity contribution is 7.83. The number of pyridine rings is 1. The number of Topliss-reactive ketones (excluding diaryl/α,β-unsaturated/α-hetero) is 1. The third-order valence-electron chi connectivity index (χ3n) is 5.87. The summed E-state index contributed by atoms with van der Waals surface area (Å²) in [6, 6.07) is 29.6. The van der Waals surface area contributed by atoms with Gasteiger partial charge < -0.3 is 0 Å². The SMILES string of the molecule is O=C(CCc1cccnc1)Cc1ccc2c(ccn2S(=O)c2ccccc2-c2ccccc2)c1. The van der Waals surface area contributed by atoms with Crippen LogP contribution in [0.4, 0.5) is 0 Å². The van der Waals surface area contributed by atoms with Crippen molar-refractivity contribution in [1.29, 1.82) is 0 Å². The lowest BCUT2D eigenvalue weighted by molar-refractivity contribution is -0.118. The predicted molar refractivity (Wildman–Crippen MR) is 137 cm³/mol. The Hall–Kier alpha value is -3.83. The van der Waals surface area contributed by atoms with E-state index in [1.54, 1.807) is 16.4 Å². The number of aryl methyl sites for hydroxylation is 1. The molecule has 2 heterocycles. The monoisotopic (exact) mass is 464 g/mol. The standard InChI is InChI=1S/C29H24N2O2S/c32-26(14-12-22-7-6-17-30-21-22)20-23-13-15-28-25(19-23)16-18-31(28)34(33)29-11-5-4-10-27(29)24-8-2-1-3-9-24/h1-11,13,15-19,21H,12,14,20H2. The van der Waals surface area contributed by atoms with Crippen molar-refractivity contribution in [3.63, 3.8) is 0 Å². The molecule has 0 amide bonds. The lowest BCUT2D eigenvalue weighted by atomic mass is 10.0. The quantitative estimate of drug-likeness (QED) is 0.282. The summed E-state index contributed by atoms with van der Waals surface area (Å²) in [5, 5.41) is 0.975. The van der Waals surface area contributed by atoms with Gasteiger partial charge in [-0.1, -0.05) is 60.7 Å². The number of rotatable bonds is 8. The summed E-state index contributed by atoms with van der Waals surface area (Å²) in [4.78, 5) is 17.4. The van der Waals surface area contributed by atoms with Crippen LogP contribution in [-0.4, -0.2) is 18.9 Å². The molecule has 3 aromatic carbocycles. The van der Waals surface area contributed by atoms with E-state index in [4.69, 9.17) is 0 Å². The fourth-order valence-corrected chi connectivity index (χ4v) is 5.45. The minimum atomic E-state index is -1.40. The molecule has 0 aliphatic heterocycles. The van der Waals surface area contributed by atoms with Crippen molar-refractivity contribution in [3.05, 3.63) is 121 Å². The Balaban J connectivity index is 1.35. The van der Waals surface area contributed by atoms with Gasteiger partial charge >= 0.3 is 0 Å². The summed E-state index contributed by atoms with van der Waals surface area (Å²) in [7, 11) is -1.40. The first-order chi connectivity index (χ1) is 16.7. The van der Waals surface area contributed by atoms with Crippen molar-refractivity contribution in [2.45, 2.75) is 24.2 Å². The Morgan fingerprint density at radius 2 is 1.68 bits per heavy atom. The number of aromatic nitrogens is 2. The van der Waals surface area contributed by atoms with Crippen LogP contribution in [-0.2, 0) is 28.6 Å². The third kappa shape index (κ3) is 4.75. The second-order valence-corrected chi connectivity index (χ2v) is 9.55. The van der Waals surface area contributed by atoms with Crippen molar-refractivity contribution in [3.8, 4) is 11.1 Å². The van der Waals surface area contributed by atoms with E-state index >= 15 is 0 Å². The number of carbonyl (C=O) groups excluding carboxylic acids is 1. The van der Waals surface area contributed by atoms with Gasteiger partial charge in [0.1, 0.15) is 5.78 Å². The van der Waals surface area contributed by atoms with Gasteiger partial charge in [0, 0.05) is 36.8 Å². The van der Waals surface area contributed by atoms with Crippen LogP contribution in [0.25, 0.3) is 22.0 Å². The van der Waals surface area contributed by atoms with E-state index in [2.05, 4.69) is 4.98 Å². The highest BCUT2D eigenvalue weighted by Crippen LogP contribution is 2.29. The molecule has 34 heavy (non-hydrogen) atoms. The van der Waals surface area contributed by atoms with Crippen molar-refractivity contribution in [2.24, 2.45) is 0 Å². The number of nitrogens with zero attached hydrogens (tertiary/aromatic N) is 2. The Labute approximate surface area is 201 Å². The van der Waals surface area contributed by atoms with Gasteiger partial charge in [0.2, 0.25) is 0 Å². The second-order valence-electron chi connectivity index (χ2n) is 8.22. The molecule has 5 heteroatoms. The van der Waals surface area contributed by atoms with Crippen molar-refractivity contribution in [2.75, 3.05) is 0 Å². The van der Waals surface area contributed by atoms with Gasteiger partial charge in [-0.2, -0.15) is 0 Å². The first kappa shape index (κ1) is 22.0. The molecule has 5 aromatic rings. The van der Waals surface area contributed by atoms with E-state index in [-0.39, 0.29) is 5.78 Å². The van der Waals surface area contributed by atoms with Crippen LogP contribution in [0.3, 0.4) is 0 Å². The number of hydrogen-bond acceptors (Lipinski definition) is 3. The molecule has 0 radical (unpaired) electrons. The second kappa shape index (κ2) is 9.98. The Morgan fingerprint density at radius 1 is 0.853 bits per heavy atom. The van der Waals surface area contributed by atoms with Crippen LogP contribution in [0, 0.1) is 0 Å². The van der Waals surface area contributed by atoms with E-state index in [0.29, 0.717) is 19.3 Å². The molecular formula is C29H24N2O2S. The molecule has 2 aromatic heterocycles. The minimum absolute atomic E-state index is 0.197. The van der Waals surface area contributed by atoms with E-state index in [9.17, 15) is 9.00 Å². The summed E-state index contributed by atoms with van der Waals surface area (Å²) in [6.07, 6.45) is 6.98. The zero-order chi connectivity index (χ0) is 23.3. The molecule has 0 saturated carbocycles. The van der Waals surface area contributed by atoms with E-state index in [0.717, 1.165) is 38.1 Å². The summed E-state index contributed by atoms with van der Waals surface area (Å²) < 4.78 is 15.4. The number of carbonyl (C=O) groups is 1. The van der Waals surface area contributed by atoms with E-state index in [1.165, 1.54) is 0 Å². The molecule has 4 nitrogen and oxygen atoms in total. The van der Waals surface area contributed by atoms with Crippen molar-refractivity contribution in [1.82, 2.24) is 8.96 Å². The molecule has 0 saturated heterocycles. The number of ketones is 1. The molecule has 1 unspecified atom stereocenters. The zero-order valence-electron chi connectivity index (χ0n) is 18.6. The normalized spacial score (nSPS) is 12.0. The highest BCUT2D eigenvalue weighted by Gasteiger charge is 2.15. The molecule has 0 bridgehead atoms. The van der Waals surface area contributed by atoms with Gasteiger partial charge in [-0.25, -0.2) is 4.21 Å². The fourth-order valence-electron chi connectivity index (χ4n) is 4.15. The van der Waals surface area contributed by atoms with Crippen LogP contribution in [0.5, 0.6) is 0 Å². The summed E-state index contributed by atoms with van der Waals surface area (Å²) in [6.45, 7) is 0. The summed E-state index contributed by atoms with van der Waals surface area (Å²) >= 11 is 0. The molecule has 0 aliphatic rings. The molecular weight excluding hydrogens is 440 g/mol. The summed E-state index contributed by atoms with van der Waals surface area (Å²) in [5.74, 6) is 0.197. The fraction of sp³-hybridized carbons (Fsp3) is 0.103. The first-order valence-corrected chi connectivity index (χ1v) is 12.4. The smallest absolute Gasteiger partial charge is 0.157 e. The van der Waals surface area contributed by atoms with Crippen LogP contribution in [0.15, 0.2) is 114 Å². The van der Waals surface area contributed by atoms with Gasteiger partial charge in [-0.05, 0) is 59.0 Å². The lowest BCUT2D eigenvalue weighted by Crippen LogP contribution is -2.06. The van der Waals surface area contributed by atoms with Gasteiger partial charge in [0.05, 0.1) is 10.4 Å². The molecule has 1 atom stereocenters.